The van der Waals surface area contributed by atoms with E-state index in [9.17, 15) is 19.1 Å². The number of methoxy groups -OCH3 is 1. The van der Waals surface area contributed by atoms with Gasteiger partial charge >= 0.3 is 0 Å². The van der Waals surface area contributed by atoms with Crippen molar-refractivity contribution in [2.24, 2.45) is 0 Å². The highest BCUT2D eigenvalue weighted by Gasteiger charge is 2.46. The van der Waals surface area contributed by atoms with Gasteiger partial charge in [-0.05, 0) is 41.3 Å². The van der Waals surface area contributed by atoms with E-state index < -0.39 is 23.5 Å². The quantitative estimate of drug-likeness (QED) is 0.372. The van der Waals surface area contributed by atoms with Crippen LogP contribution in [-0.4, -0.2) is 28.8 Å². The molecular formula is C23H18FNO4S. The molecule has 1 saturated heterocycles. The predicted octanol–water partition coefficient (Wildman–Crippen LogP) is 4.52. The van der Waals surface area contributed by atoms with Crippen LogP contribution in [0.4, 0.5) is 4.39 Å². The Morgan fingerprint density at radius 2 is 1.90 bits per heavy atom. The summed E-state index contributed by atoms with van der Waals surface area (Å²) in [4.78, 5) is 28.1. The Morgan fingerprint density at radius 3 is 2.57 bits per heavy atom. The molecular weight excluding hydrogens is 405 g/mol. The number of Topliss-reactive ketones (excluding diaryl/α,β-unsaturated/α-hetero) is 1. The third-order valence-electron chi connectivity index (χ3n) is 4.98. The van der Waals surface area contributed by atoms with E-state index in [1.807, 2.05) is 17.5 Å². The number of halogens is 1. The third kappa shape index (κ3) is 3.59. The number of rotatable bonds is 5. The van der Waals surface area contributed by atoms with Crippen molar-refractivity contribution in [1.29, 1.82) is 0 Å². The molecule has 1 unspecified atom stereocenters. The van der Waals surface area contributed by atoms with Gasteiger partial charge in [0.05, 0.1) is 25.3 Å². The van der Waals surface area contributed by atoms with Gasteiger partial charge in [0.15, 0.2) is 0 Å². The van der Waals surface area contributed by atoms with Crippen molar-refractivity contribution >= 4 is 28.8 Å². The van der Waals surface area contributed by atoms with Crippen LogP contribution < -0.4 is 4.74 Å². The zero-order valence-corrected chi connectivity index (χ0v) is 16.9. The first kappa shape index (κ1) is 19.8. The second-order valence-corrected chi connectivity index (χ2v) is 7.82. The van der Waals surface area contributed by atoms with Crippen molar-refractivity contribution in [3.05, 3.63) is 93.4 Å². The maximum absolute atomic E-state index is 13.5. The van der Waals surface area contributed by atoms with Crippen molar-refractivity contribution in [2.45, 2.75) is 12.6 Å². The monoisotopic (exact) mass is 423 g/mol. The number of hydrogen-bond acceptors (Lipinski definition) is 5. The predicted molar refractivity (Wildman–Crippen MR) is 112 cm³/mol. The Balaban J connectivity index is 1.86. The van der Waals surface area contributed by atoms with Gasteiger partial charge in [-0.25, -0.2) is 4.39 Å². The fraction of sp³-hybridized carbons (Fsp3) is 0.130. The highest BCUT2D eigenvalue weighted by atomic mass is 32.1. The number of likely N-dealkylation sites (tertiary alicyclic amines) is 1. The topological polar surface area (TPSA) is 66.8 Å². The standard InChI is InChI=1S/C23H18FNO4S/c1-29-17-5-2-4-15(12-17)21(26)19-20(14-7-9-16(24)10-8-14)25(23(28)22(19)27)13-18-6-3-11-30-18/h2-12,20,26H,13H2,1H3/b21-19-. The lowest BCUT2D eigenvalue weighted by molar-refractivity contribution is -0.140. The molecule has 0 bridgehead atoms. The lowest BCUT2D eigenvalue weighted by Gasteiger charge is -2.25. The molecule has 0 spiro atoms. The maximum Gasteiger partial charge on any atom is 0.295 e. The molecule has 1 amide bonds. The highest BCUT2D eigenvalue weighted by molar-refractivity contribution is 7.09. The van der Waals surface area contributed by atoms with Crippen molar-refractivity contribution in [2.75, 3.05) is 7.11 Å². The van der Waals surface area contributed by atoms with Gasteiger partial charge in [-0.1, -0.05) is 30.3 Å². The number of nitrogens with zero attached hydrogens (tertiary/aromatic N) is 1. The zero-order chi connectivity index (χ0) is 21.3. The van der Waals surface area contributed by atoms with E-state index in [0.717, 1.165) is 4.88 Å². The van der Waals surface area contributed by atoms with Crippen LogP contribution in [0.2, 0.25) is 0 Å². The summed E-state index contributed by atoms with van der Waals surface area (Å²) in [5.41, 5.74) is 0.864. The summed E-state index contributed by atoms with van der Waals surface area (Å²) in [6, 6.07) is 15.1. The molecule has 7 heteroatoms. The smallest absolute Gasteiger partial charge is 0.295 e. The van der Waals surface area contributed by atoms with E-state index in [2.05, 4.69) is 0 Å². The minimum absolute atomic E-state index is 0.0311. The van der Waals surface area contributed by atoms with Crippen LogP contribution in [0.25, 0.3) is 5.76 Å². The van der Waals surface area contributed by atoms with Gasteiger partial charge in [0, 0.05) is 10.4 Å². The maximum atomic E-state index is 13.5. The number of amides is 1. The Kier molecular flexibility index (Phi) is 5.37. The lowest BCUT2D eigenvalue weighted by atomic mass is 9.95. The first-order chi connectivity index (χ1) is 14.5. The molecule has 152 valence electrons. The second-order valence-electron chi connectivity index (χ2n) is 6.79. The molecule has 3 aromatic rings. The minimum Gasteiger partial charge on any atom is -0.507 e. The van der Waals surface area contributed by atoms with E-state index in [-0.39, 0.29) is 17.9 Å². The van der Waals surface area contributed by atoms with Crippen LogP contribution in [0.3, 0.4) is 0 Å². The second kappa shape index (κ2) is 8.12. The average Bonchev–Trinajstić information content (AvgIpc) is 3.36. The molecule has 0 aliphatic carbocycles. The zero-order valence-electron chi connectivity index (χ0n) is 16.0. The van der Waals surface area contributed by atoms with Crippen LogP contribution in [0.5, 0.6) is 5.75 Å². The number of benzene rings is 2. The molecule has 5 nitrogen and oxygen atoms in total. The Labute approximate surface area is 176 Å². The van der Waals surface area contributed by atoms with Gasteiger partial charge in [-0.15, -0.1) is 11.3 Å². The molecule has 1 N–H and O–H groups in total. The molecule has 1 aliphatic rings. The molecule has 2 heterocycles. The van der Waals surface area contributed by atoms with Gasteiger partial charge in [0.25, 0.3) is 11.7 Å². The summed E-state index contributed by atoms with van der Waals surface area (Å²) in [5.74, 6) is -1.70. The van der Waals surface area contributed by atoms with Gasteiger partial charge < -0.3 is 14.7 Å². The highest BCUT2D eigenvalue weighted by Crippen LogP contribution is 2.40. The minimum atomic E-state index is -0.834. The average molecular weight is 423 g/mol. The third-order valence-corrected chi connectivity index (χ3v) is 5.84. The number of carbonyl (C=O) groups excluding carboxylic acids is 2. The first-order valence-corrected chi connectivity index (χ1v) is 10.1. The Hall–Kier alpha value is -3.45. The molecule has 2 aromatic carbocycles. The molecule has 1 aliphatic heterocycles. The van der Waals surface area contributed by atoms with E-state index in [4.69, 9.17) is 4.74 Å². The van der Waals surface area contributed by atoms with E-state index in [0.29, 0.717) is 16.9 Å². The number of aliphatic hydroxyl groups excluding tert-OH is 1. The van der Waals surface area contributed by atoms with Crippen molar-refractivity contribution in [3.63, 3.8) is 0 Å². The van der Waals surface area contributed by atoms with Crippen LogP contribution in [0.15, 0.2) is 71.6 Å². The van der Waals surface area contributed by atoms with Crippen LogP contribution in [0, 0.1) is 5.82 Å². The fourth-order valence-corrected chi connectivity index (χ4v) is 4.23. The summed E-state index contributed by atoms with van der Waals surface area (Å²) in [6.07, 6.45) is 0. The van der Waals surface area contributed by atoms with Crippen molar-refractivity contribution < 1.29 is 23.8 Å². The number of carbonyl (C=O) groups is 2. The van der Waals surface area contributed by atoms with E-state index in [1.165, 1.54) is 47.6 Å². The summed E-state index contributed by atoms with van der Waals surface area (Å²) >= 11 is 1.46. The van der Waals surface area contributed by atoms with Gasteiger partial charge in [-0.3, -0.25) is 9.59 Å². The summed E-state index contributed by atoms with van der Waals surface area (Å²) in [6.45, 7) is 0.208. The summed E-state index contributed by atoms with van der Waals surface area (Å²) in [7, 11) is 1.50. The van der Waals surface area contributed by atoms with Gasteiger partial charge in [0.2, 0.25) is 0 Å². The first-order valence-electron chi connectivity index (χ1n) is 9.20. The number of aliphatic hydroxyl groups is 1. The lowest BCUT2D eigenvalue weighted by Crippen LogP contribution is -2.28. The number of hydrogen-bond donors (Lipinski definition) is 1. The van der Waals surface area contributed by atoms with E-state index in [1.54, 1.807) is 24.3 Å². The van der Waals surface area contributed by atoms with Crippen LogP contribution in [0.1, 0.15) is 22.0 Å². The molecule has 4 rings (SSSR count). The molecule has 0 saturated carbocycles. The van der Waals surface area contributed by atoms with Crippen LogP contribution in [-0.2, 0) is 16.1 Å². The Bertz CT molecular complexity index is 1120. The Morgan fingerprint density at radius 1 is 1.13 bits per heavy atom. The molecule has 30 heavy (non-hydrogen) atoms. The molecule has 1 atom stereocenters. The van der Waals surface area contributed by atoms with Crippen LogP contribution >= 0.6 is 11.3 Å². The van der Waals surface area contributed by atoms with E-state index >= 15 is 0 Å². The fourth-order valence-electron chi connectivity index (χ4n) is 3.53. The molecule has 1 fully saturated rings. The molecule has 1 aromatic heterocycles. The normalized spacial score (nSPS) is 18.1. The summed E-state index contributed by atoms with van der Waals surface area (Å²) in [5, 5.41) is 12.9. The van der Waals surface area contributed by atoms with Crippen molar-refractivity contribution in [1.82, 2.24) is 4.90 Å². The number of ether oxygens (including phenoxy) is 1. The molecule has 0 radical (unpaired) electrons. The van der Waals surface area contributed by atoms with Crippen molar-refractivity contribution in [3.8, 4) is 5.75 Å². The van der Waals surface area contributed by atoms with Gasteiger partial charge in [0.1, 0.15) is 17.3 Å². The number of thiophene rings is 1. The van der Waals surface area contributed by atoms with Gasteiger partial charge in [-0.2, -0.15) is 0 Å². The SMILES string of the molecule is COc1cccc(/C(O)=C2/C(=O)C(=O)N(Cc3cccs3)C2c2ccc(F)cc2)c1. The largest absolute Gasteiger partial charge is 0.507 e. The summed E-state index contributed by atoms with van der Waals surface area (Å²) < 4.78 is 18.7. The number of ketones is 1.